The molecule has 2 aromatic rings. The van der Waals surface area contributed by atoms with Crippen LogP contribution in [0.5, 0.6) is 5.75 Å². The molecule has 0 spiro atoms. The van der Waals surface area contributed by atoms with Gasteiger partial charge in [-0.25, -0.2) is 4.98 Å². The van der Waals surface area contributed by atoms with Gasteiger partial charge < -0.3 is 10.1 Å². The van der Waals surface area contributed by atoms with E-state index < -0.39 is 0 Å². The van der Waals surface area contributed by atoms with Crippen LogP contribution in [0.1, 0.15) is 40.0 Å². The molecule has 4 nitrogen and oxygen atoms in total. The number of aromatic nitrogens is 1. The van der Waals surface area contributed by atoms with Crippen LogP contribution < -0.4 is 10.1 Å². The molecule has 1 amide bonds. The number of thioether (sulfide) groups is 1. The smallest absolute Gasteiger partial charge is 0.230 e. The largest absolute Gasteiger partial charge is 0.494 e. The number of thiazole rings is 1. The predicted molar refractivity (Wildman–Crippen MR) is 106 cm³/mol. The van der Waals surface area contributed by atoms with E-state index in [4.69, 9.17) is 4.74 Å². The molecule has 0 bridgehead atoms. The van der Waals surface area contributed by atoms with E-state index in [1.54, 1.807) is 11.3 Å². The van der Waals surface area contributed by atoms with Crippen LogP contribution in [-0.4, -0.2) is 29.3 Å². The molecule has 1 aromatic heterocycles. The zero-order chi connectivity index (χ0) is 17.8. The van der Waals surface area contributed by atoms with Gasteiger partial charge in [0.15, 0.2) is 4.34 Å². The van der Waals surface area contributed by atoms with Gasteiger partial charge in [-0.05, 0) is 43.4 Å². The molecule has 1 saturated carbocycles. The lowest BCUT2D eigenvalue weighted by Crippen LogP contribution is -2.44. The summed E-state index contributed by atoms with van der Waals surface area (Å²) in [7, 11) is 0. The highest BCUT2D eigenvalue weighted by Crippen LogP contribution is 2.32. The number of rotatable bonds is 6. The lowest BCUT2D eigenvalue weighted by molar-refractivity contribution is -0.119. The summed E-state index contributed by atoms with van der Waals surface area (Å²) >= 11 is 3.14. The van der Waals surface area contributed by atoms with Gasteiger partial charge in [-0.1, -0.05) is 38.5 Å². The van der Waals surface area contributed by atoms with Gasteiger partial charge in [-0.15, -0.1) is 11.3 Å². The van der Waals surface area contributed by atoms with Gasteiger partial charge in [-0.3, -0.25) is 4.79 Å². The maximum atomic E-state index is 12.3. The van der Waals surface area contributed by atoms with Crippen LogP contribution in [0, 0.1) is 11.8 Å². The zero-order valence-corrected chi connectivity index (χ0v) is 16.7. The predicted octanol–water partition coefficient (Wildman–Crippen LogP) is 4.73. The number of fused-ring (bicyclic) bond motifs is 1. The van der Waals surface area contributed by atoms with Gasteiger partial charge in [0.05, 0.1) is 22.6 Å². The average molecular weight is 379 g/mol. The van der Waals surface area contributed by atoms with E-state index in [0.29, 0.717) is 30.2 Å². The fraction of sp³-hybridized carbons (Fsp3) is 0.579. The van der Waals surface area contributed by atoms with Crippen molar-refractivity contribution in [2.75, 3.05) is 12.4 Å². The molecule has 6 heteroatoms. The quantitative estimate of drug-likeness (QED) is 0.739. The monoisotopic (exact) mass is 378 g/mol. The lowest BCUT2D eigenvalue weighted by atomic mass is 9.78. The first-order valence-electron chi connectivity index (χ1n) is 9.02. The molecule has 3 rings (SSSR count). The van der Waals surface area contributed by atoms with Crippen LogP contribution >= 0.6 is 23.1 Å². The van der Waals surface area contributed by atoms with E-state index in [-0.39, 0.29) is 5.91 Å². The number of nitrogens with zero attached hydrogens (tertiary/aromatic N) is 1. The van der Waals surface area contributed by atoms with Gasteiger partial charge in [0.25, 0.3) is 0 Å². The lowest BCUT2D eigenvalue weighted by Gasteiger charge is -2.34. The van der Waals surface area contributed by atoms with Crippen molar-refractivity contribution in [3.63, 3.8) is 0 Å². The number of benzene rings is 1. The first-order valence-corrected chi connectivity index (χ1v) is 10.8. The molecule has 0 aliphatic heterocycles. The molecular weight excluding hydrogens is 352 g/mol. The highest BCUT2D eigenvalue weighted by molar-refractivity contribution is 8.01. The number of carbonyl (C=O) groups is 1. The minimum Gasteiger partial charge on any atom is -0.494 e. The second kappa shape index (κ2) is 8.41. The summed E-state index contributed by atoms with van der Waals surface area (Å²) in [6.45, 7) is 7.18. The molecule has 3 atom stereocenters. The van der Waals surface area contributed by atoms with Gasteiger partial charge in [0.1, 0.15) is 5.75 Å². The molecule has 136 valence electrons. The maximum Gasteiger partial charge on any atom is 0.230 e. The van der Waals surface area contributed by atoms with Crippen molar-refractivity contribution in [2.24, 2.45) is 11.8 Å². The van der Waals surface area contributed by atoms with E-state index in [9.17, 15) is 4.79 Å². The molecule has 1 fully saturated rings. The fourth-order valence-corrected chi connectivity index (χ4v) is 5.27. The molecule has 1 aliphatic rings. The third-order valence-electron chi connectivity index (χ3n) is 5.03. The zero-order valence-electron chi connectivity index (χ0n) is 15.1. The second-order valence-corrected chi connectivity index (χ2v) is 9.03. The Morgan fingerprint density at radius 3 is 3.04 bits per heavy atom. The van der Waals surface area contributed by atoms with Crippen molar-refractivity contribution in [2.45, 2.75) is 50.4 Å². The summed E-state index contributed by atoms with van der Waals surface area (Å²) in [5, 5.41) is 3.23. The van der Waals surface area contributed by atoms with Crippen molar-refractivity contribution < 1.29 is 9.53 Å². The topological polar surface area (TPSA) is 51.2 Å². The first-order chi connectivity index (χ1) is 12.1. The van der Waals surface area contributed by atoms with Crippen molar-refractivity contribution in [3.8, 4) is 5.75 Å². The number of hydrogen-bond acceptors (Lipinski definition) is 5. The molecule has 0 saturated heterocycles. The summed E-state index contributed by atoms with van der Waals surface area (Å²) in [6.07, 6.45) is 3.59. The van der Waals surface area contributed by atoms with Gasteiger partial charge >= 0.3 is 0 Å². The Bertz CT molecular complexity index is 731. The maximum absolute atomic E-state index is 12.3. The van der Waals surface area contributed by atoms with E-state index in [2.05, 4.69) is 24.1 Å². The number of ether oxygens (including phenoxy) is 1. The first kappa shape index (κ1) is 18.5. The number of carbonyl (C=O) groups excluding carboxylic acids is 1. The highest BCUT2D eigenvalue weighted by Gasteiger charge is 2.28. The number of hydrogen-bond donors (Lipinski definition) is 1. The Kier molecular flexibility index (Phi) is 6.23. The van der Waals surface area contributed by atoms with Crippen molar-refractivity contribution in [3.05, 3.63) is 18.2 Å². The van der Waals surface area contributed by atoms with Crippen LogP contribution in [0.15, 0.2) is 22.5 Å². The third kappa shape index (κ3) is 4.67. The summed E-state index contributed by atoms with van der Waals surface area (Å²) in [6, 6.07) is 6.26. The van der Waals surface area contributed by atoms with Crippen molar-refractivity contribution in [1.82, 2.24) is 10.3 Å². The van der Waals surface area contributed by atoms with Gasteiger partial charge in [0.2, 0.25) is 5.91 Å². The van der Waals surface area contributed by atoms with E-state index >= 15 is 0 Å². The van der Waals surface area contributed by atoms with Crippen LogP contribution in [0.25, 0.3) is 10.2 Å². The Balaban J connectivity index is 1.55. The summed E-state index contributed by atoms with van der Waals surface area (Å²) in [4.78, 5) is 16.9. The standard InChI is InChI=1S/C19H26N2O2S2/c1-4-23-14-8-9-16-17(10-14)25-19(21-16)24-11-18(22)20-15-7-5-6-12(2)13(15)3/h8-10,12-13,15H,4-7,11H2,1-3H3,(H,20,22)/t12-,13+,15+/m1/s1. The molecule has 1 aromatic carbocycles. The molecule has 1 N–H and O–H groups in total. The molecule has 25 heavy (non-hydrogen) atoms. The Morgan fingerprint density at radius 2 is 2.24 bits per heavy atom. The van der Waals surface area contributed by atoms with Crippen molar-refractivity contribution in [1.29, 1.82) is 0 Å². The van der Waals surface area contributed by atoms with Crippen LogP contribution in [0.3, 0.4) is 0 Å². The third-order valence-corrected chi connectivity index (χ3v) is 7.19. The molecule has 1 heterocycles. The molecule has 0 unspecified atom stereocenters. The normalized spacial score (nSPS) is 23.6. The second-order valence-electron chi connectivity index (χ2n) is 6.77. The number of amides is 1. The molecular formula is C19H26N2O2S2. The fourth-order valence-electron chi connectivity index (χ4n) is 3.36. The molecule has 1 aliphatic carbocycles. The van der Waals surface area contributed by atoms with Gasteiger partial charge in [0, 0.05) is 6.04 Å². The summed E-state index contributed by atoms with van der Waals surface area (Å²) in [5.74, 6) is 2.66. The SMILES string of the molecule is CCOc1ccc2nc(SCC(=O)N[C@H]3CCC[C@@H](C)[C@@H]3C)sc2c1. The van der Waals surface area contributed by atoms with Crippen LogP contribution in [0.4, 0.5) is 0 Å². The van der Waals surface area contributed by atoms with Gasteiger partial charge in [-0.2, -0.15) is 0 Å². The minimum atomic E-state index is 0.116. The summed E-state index contributed by atoms with van der Waals surface area (Å²) < 4.78 is 7.57. The Labute approximate surface area is 157 Å². The summed E-state index contributed by atoms with van der Waals surface area (Å²) in [5.41, 5.74) is 0.964. The average Bonchev–Trinajstić information content (AvgIpc) is 3.00. The Hall–Kier alpha value is -1.27. The number of nitrogens with one attached hydrogen (secondary N) is 1. The minimum absolute atomic E-state index is 0.116. The van der Waals surface area contributed by atoms with E-state index in [0.717, 1.165) is 26.7 Å². The van der Waals surface area contributed by atoms with Crippen LogP contribution in [-0.2, 0) is 4.79 Å². The van der Waals surface area contributed by atoms with Crippen molar-refractivity contribution >= 4 is 39.2 Å². The molecule has 0 radical (unpaired) electrons. The van der Waals surface area contributed by atoms with Crippen LogP contribution in [0.2, 0.25) is 0 Å². The highest BCUT2D eigenvalue weighted by atomic mass is 32.2. The van der Waals surface area contributed by atoms with E-state index in [1.807, 2.05) is 25.1 Å². The van der Waals surface area contributed by atoms with E-state index in [1.165, 1.54) is 24.6 Å². The Morgan fingerprint density at radius 1 is 1.40 bits per heavy atom.